The fourth-order valence-corrected chi connectivity index (χ4v) is 6.48. The molecule has 3 saturated carbocycles. The number of Topliss-reactive ketones (excluding diaryl/α,β-unsaturated/α-hetero) is 1. The van der Waals surface area contributed by atoms with Gasteiger partial charge in [-0.1, -0.05) is 25.5 Å². The Morgan fingerprint density at radius 3 is 2.52 bits per heavy atom. The fraction of sp³-hybridized carbons (Fsp3) is 0.842. The highest BCUT2D eigenvalue weighted by molar-refractivity contribution is 5.87. The minimum Gasteiger partial charge on any atom is -0.389 e. The minimum atomic E-state index is -0.216. The molecular formula is C19H28O2. The monoisotopic (exact) mass is 288 g/mol. The summed E-state index contributed by atoms with van der Waals surface area (Å²) in [6.45, 7) is 4.70. The van der Waals surface area contributed by atoms with Crippen LogP contribution < -0.4 is 0 Å². The molecule has 4 rings (SSSR count). The van der Waals surface area contributed by atoms with Gasteiger partial charge >= 0.3 is 0 Å². The lowest BCUT2D eigenvalue weighted by Crippen LogP contribution is -2.50. The number of hydrogen-bond donors (Lipinski definition) is 1. The van der Waals surface area contributed by atoms with Crippen molar-refractivity contribution >= 4 is 5.78 Å². The molecule has 0 heterocycles. The lowest BCUT2D eigenvalue weighted by Gasteiger charge is -2.57. The molecule has 1 N–H and O–H groups in total. The second kappa shape index (κ2) is 4.44. The summed E-state index contributed by atoms with van der Waals surface area (Å²) in [4.78, 5) is 12.4. The number of ketones is 1. The maximum absolute atomic E-state index is 12.4. The van der Waals surface area contributed by atoms with Gasteiger partial charge in [-0.05, 0) is 68.1 Å². The van der Waals surface area contributed by atoms with E-state index in [2.05, 4.69) is 19.9 Å². The standard InChI is InChI=1S/C19H28O2/c1-18-9-7-13(20)11-12(18)3-4-14-15-5-6-17(21)19(15,2)10-8-16(14)18/h11,13-16,20H,3-10H2,1-2H3/t13-,14+,15+,16+,18+,19-/m1/s1. The lowest BCUT2D eigenvalue weighted by atomic mass is 9.47. The number of aliphatic hydroxyl groups is 1. The third kappa shape index (κ3) is 1.78. The molecule has 0 saturated heterocycles. The van der Waals surface area contributed by atoms with Crippen LogP contribution in [0.5, 0.6) is 0 Å². The number of carbonyl (C=O) groups is 1. The highest BCUT2D eigenvalue weighted by Crippen LogP contribution is 2.64. The molecule has 0 aromatic carbocycles. The number of aliphatic hydroxyl groups excluding tert-OH is 1. The van der Waals surface area contributed by atoms with Gasteiger partial charge in [0.2, 0.25) is 0 Å². The van der Waals surface area contributed by atoms with Crippen molar-refractivity contribution in [3.8, 4) is 0 Å². The summed E-state index contributed by atoms with van der Waals surface area (Å²) in [5, 5.41) is 9.96. The predicted molar refractivity (Wildman–Crippen MR) is 82.7 cm³/mol. The van der Waals surface area contributed by atoms with Gasteiger partial charge in [-0.3, -0.25) is 4.79 Å². The molecule has 0 radical (unpaired) electrons. The molecule has 3 fully saturated rings. The minimum absolute atomic E-state index is 0.00702. The maximum Gasteiger partial charge on any atom is 0.139 e. The molecule has 0 aliphatic heterocycles. The van der Waals surface area contributed by atoms with Crippen molar-refractivity contribution in [2.45, 2.75) is 71.3 Å². The summed E-state index contributed by atoms with van der Waals surface area (Å²) in [6, 6.07) is 0. The van der Waals surface area contributed by atoms with Gasteiger partial charge in [-0.15, -0.1) is 0 Å². The van der Waals surface area contributed by atoms with Crippen LogP contribution in [0.2, 0.25) is 0 Å². The normalized spacial score (nSPS) is 52.7. The molecule has 0 aromatic heterocycles. The fourth-order valence-electron chi connectivity index (χ4n) is 6.48. The van der Waals surface area contributed by atoms with Crippen molar-refractivity contribution < 1.29 is 9.90 Å². The summed E-state index contributed by atoms with van der Waals surface area (Å²) >= 11 is 0. The average molecular weight is 288 g/mol. The Labute approximate surface area is 128 Å². The first-order valence-electron chi connectivity index (χ1n) is 8.88. The van der Waals surface area contributed by atoms with Gasteiger partial charge in [-0.2, -0.15) is 0 Å². The van der Waals surface area contributed by atoms with Crippen LogP contribution in [0, 0.1) is 28.6 Å². The van der Waals surface area contributed by atoms with E-state index in [1.165, 1.54) is 18.4 Å². The number of hydrogen-bond acceptors (Lipinski definition) is 2. The van der Waals surface area contributed by atoms with E-state index < -0.39 is 0 Å². The van der Waals surface area contributed by atoms with Crippen molar-refractivity contribution in [3.05, 3.63) is 11.6 Å². The van der Waals surface area contributed by atoms with Crippen LogP contribution in [-0.4, -0.2) is 17.0 Å². The first kappa shape index (κ1) is 14.0. The lowest BCUT2D eigenvalue weighted by molar-refractivity contribution is -0.132. The van der Waals surface area contributed by atoms with E-state index in [4.69, 9.17) is 0 Å². The van der Waals surface area contributed by atoms with Crippen LogP contribution >= 0.6 is 0 Å². The summed E-state index contributed by atoms with van der Waals surface area (Å²) < 4.78 is 0. The van der Waals surface area contributed by atoms with Crippen molar-refractivity contribution in [1.29, 1.82) is 0 Å². The maximum atomic E-state index is 12.4. The molecule has 0 bridgehead atoms. The Bertz CT molecular complexity index is 508. The molecule has 4 aliphatic rings. The molecule has 0 aromatic rings. The van der Waals surface area contributed by atoms with E-state index in [9.17, 15) is 9.90 Å². The molecule has 0 unspecified atom stereocenters. The third-order valence-electron chi connectivity index (χ3n) is 7.80. The van der Waals surface area contributed by atoms with Crippen molar-refractivity contribution in [2.24, 2.45) is 28.6 Å². The van der Waals surface area contributed by atoms with Gasteiger partial charge in [0.05, 0.1) is 6.10 Å². The molecule has 0 amide bonds. The Balaban J connectivity index is 1.69. The van der Waals surface area contributed by atoms with Crippen LogP contribution in [0.1, 0.15) is 65.2 Å². The average Bonchev–Trinajstić information content (AvgIpc) is 2.76. The molecule has 2 heteroatoms. The van der Waals surface area contributed by atoms with E-state index in [1.807, 2.05) is 0 Å². The van der Waals surface area contributed by atoms with Crippen LogP contribution in [0.4, 0.5) is 0 Å². The number of allylic oxidation sites excluding steroid dienone is 1. The highest BCUT2D eigenvalue weighted by atomic mass is 16.3. The SMILES string of the molecule is C[C@@]12CC[C@H]3[C@@H](CCC4=C[C@H](O)CC[C@@]43C)[C@@H]1CCC2=O. The molecular weight excluding hydrogens is 260 g/mol. The van der Waals surface area contributed by atoms with Gasteiger partial charge in [0.1, 0.15) is 5.78 Å². The van der Waals surface area contributed by atoms with Crippen molar-refractivity contribution in [2.75, 3.05) is 0 Å². The molecule has 6 atom stereocenters. The Morgan fingerprint density at radius 2 is 1.71 bits per heavy atom. The largest absolute Gasteiger partial charge is 0.389 e. The van der Waals surface area contributed by atoms with E-state index in [0.29, 0.717) is 17.1 Å². The Morgan fingerprint density at radius 1 is 1.00 bits per heavy atom. The van der Waals surface area contributed by atoms with Crippen LogP contribution in [0.3, 0.4) is 0 Å². The van der Waals surface area contributed by atoms with E-state index in [0.717, 1.165) is 50.4 Å². The van der Waals surface area contributed by atoms with Gasteiger partial charge in [0.25, 0.3) is 0 Å². The van der Waals surface area contributed by atoms with Crippen molar-refractivity contribution in [3.63, 3.8) is 0 Å². The molecule has 4 aliphatic carbocycles. The second-order valence-electron chi connectivity index (χ2n) is 8.55. The topological polar surface area (TPSA) is 37.3 Å². The smallest absolute Gasteiger partial charge is 0.139 e. The second-order valence-corrected chi connectivity index (χ2v) is 8.55. The Kier molecular flexibility index (Phi) is 2.96. The quantitative estimate of drug-likeness (QED) is 0.687. The molecule has 2 nitrogen and oxygen atoms in total. The zero-order valence-electron chi connectivity index (χ0n) is 13.4. The van der Waals surface area contributed by atoms with E-state index in [-0.39, 0.29) is 11.5 Å². The van der Waals surface area contributed by atoms with Gasteiger partial charge in [0.15, 0.2) is 0 Å². The van der Waals surface area contributed by atoms with Gasteiger partial charge in [0, 0.05) is 11.8 Å². The first-order valence-corrected chi connectivity index (χ1v) is 8.88. The summed E-state index contributed by atoms with van der Waals surface area (Å²) in [6.07, 6.45) is 10.7. The number of carbonyl (C=O) groups excluding carboxylic acids is 1. The molecule has 0 spiro atoms. The van der Waals surface area contributed by atoms with Crippen LogP contribution in [0.25, 0.3) is 0 Å². The molecule has 21 heavy (non-hydrogen) atoms. The Hall–Kier alpha value is -0.630. The summed E-state index contributed by atoms with van der Waals surface area (Å²) in [5.41, 5.74) is 1.82. The van der Waals surface area contributed by atoms with Crippen LogP contribution in [-0.2, 0) is 4.79 Å². The van der Waals surface area contributed by atoms with E-state index >= 15 is 0 Å². The number of fused-ring (bicyclic) bond motifs is 5. The van der Waals surface area contributed by atoms with Crippen LogP contribution in [0.15, 0.2) is 11.6 Å². The highest BCUT2D eigenvalue weighted by Gasteiger charge is 2.58. The summed E-state index contributed by atoms with van der Waals surface area (Å²) in [5.74, 6) is 2.66. The molecule has 116 valence electrons. The van der Waals surface area contributed by atoms with Gasteiger partial charge < -0.3 is 5.11 Å². The zero-order valence-corrected chi connectivity index (χ0v) is 13.4. The van der Waals surface area contributed by atoms with Gasteiger partial charge in [-0.25, -0.2) is 0 Å². The van der Waals surface area contributed by atoms with E-state index in [1.54, 1.807) is 0 Å². The third-order valence-corrected chi connectivity index (χ3v) is 7.80. The number of rotatable bonds is 0. The van der Waals surface area contributed by atoms with Crippen molar-refractivity contribution in [1.82, 2.24) is 0 Å². The summed E-state index contributed by atoms with van der Waals surface area (Å²) in [7, 11) is 0. The first-order chi connectivity index (χ1) is 9.95. The predicted octanol–water partition coefficient (Wildman–Crippen LogP) is 3.88. The zero-order chi connectivity index (χ0) is 14.8.